The number of rotatable bonds is 3. The molecule has 1 heterocycles. The zero-order valence-corrected chi connectivity index (χ0v) is 9.76. The number of halogens is 1. The molecule has 1 rings (SSSR count). The smallest absolute Gasteiger partial charge is 0.273 e. The Bertz CT molecular complexity index is 370. The fourth-order valence-corrected chi connectivity index (χ4v) is 1.49. The molecule has 0 unspecified atom stereocenters. The van der Waals surface area contributed by atoms with Gasteiger partial charge in [0.1, 0.15) is 0 Å². The summed E-state index contributed by atoms with van der Waals surface area (Å²) in [7, 11) is 1.80. The van der Waals surface area contributed by atoms with Gasteiger partial charge in [-0.25, -0.2) is 0 Å². The molecule has 1 aromatic rings. The summed E-state index contributed by atoms with van der Waals surface area (Å²) in [5.74, 6) is -0.194. The first kappa shape index (κ1) is 11.0. The number of carbonyl (C=O) groups is 1. The van der Waals surface area contributed by atoms with Crippen molar-refractivity contribution in [1.82, 2.24) is 15.1 Å². The molecule has 1 N–H and O–H groups in total. The van der Waals surface area contributed by atoms with Gasteiger partial charge in [0.05, 0.1) is 10.2 Å². The average molecular weight is 258 g/mol. The average Bonchev–Trinajstić information content (AvgIpc) is 2.42. The molecular formula is C9H12BrN3O. The first-order valence-electron chi connectivity index (χ1n) is 4.16. The molecule has 0 saturated carbocycles. The van der Waals surface area contributed by atoms with Gasteiger partial charge in [0, 0.05) is 13.6 Å². The fourth-order valence-electron chi connectivity index (χ4n) is 0.976. The topological polar surface area (TPSA) is 46.9 Å². The number of carbonyl (C=O) groups excluding carboxylic acids is 1. The summed E-state index contributed by atoms with van der Waals surface area (Å²) < 4.78 is 2.40. The van der Waals surface area contributed by atoms with Crippen molar-refractivity contribution in [3.8, 4) is 0 Å². The summed E-state index contributed by atoms with van der Waals surface area (Å²) in [5, 5.41) is 6.75. The molecule has 0 atom stereocenters. The minimum Gasteiger partial charge on any atom is -0.347 e. The Morgan fingerprint density at radius 1 is 1.79 bits per heavy atom. The van der Waals surface area contributed by atoms with Crippen molar-refractivity contribution in [2.75, 3.05) is 6.54 Å². The first-order valence-corrected chi connectivity index (χ1v) is 4.95. The van der Waals surface area contributed by atoms with Gasteiger partial charge in [0.2, 0.25) is 0 Å². The van der Waals surface area contributed by atoms with Crippen LogP contribution in [0.3, 0.4) is 0 Å². The van der Waals surface area contributed by atoms with Gasteiger partial charge in [-0.2, -0.15) is 5.10 Å². The predicted molar refractivity (Wildman–Crippen MR) is 58.2 cm³/mol. The zero-order chi connectivity index (χ0) is 10.7. The van der Waals surface area contributed by atoms with Crippen molar-refractivity contribution >= 4 is 21.8 Å². The van der Waals surface area contributed by atoms with E-state index in [4.69, 9.17) is 0 Å². The summed E-state index contributed by atoms with van der Waals surface area (Å²) in [4.78, 5) is 11.5. The second kappa shape index (κ2) is 4.41. The van der Waals surface area contributed by atoms with Crippen molar-refractivity contribution in [2.45, 2.75) is 6.92 Å². The molecular weight excluding hydrogens is 246 g/mol. The standard InChI is InChI=1S/C9H12BrN3O/c1-4-5-11-9(14)8-7(10)6(2)13(3)12-8/h4H,1,5H2,2-3H3,(H,11,14). The third kappa shape index (κ3) is 2.04. The third-order valence-corrected chi connectivity index (χ3v) is 2.83. The van der Waals surface area contributed by atoms with Crippen molar-refractivity contribution in [3.05, 3.63) is 28.5 Å². The van der Waals surface area contributed by atoms with Crippen molar-refractivity contribution in [1.29, 1.82) is 0 Å². The minimum absolute atomic E-state index is 0.194. The van der Waals surface area contributed by atoms with Crippen LogP contribution in [-0.2, 0) is 7.05 Å². The van der Waals surface area contributed by atoms with E-state index in [1.54, 1.807) is 17.8 Å². The second-order valence-electron chi connectivity index (χ2n) is 2.87. The quantitative estimate of drug-likeness (QED) is 0.833. The summed E-state index contributed by atoms with van der Waals surface area (Å²) >= 11 is 3.32. The number of nitrogens with zero attached hydrogens (tertiary/aromatic N) is 2. The Labute approximate surface area is 91.1 Å². The molecule has 0 aliphatic rings. The van der Waals surface area contributed by atoms with E-state index in [9.17, 15) is 4.79 Å². The van der Waals surface area contributed by atoms with Crippen LogP contribution in [0, 0.1) is 6.92 Å². The molecule has 0 radical (unpaired) electrons. The second-order valence-corrected chi connectivity index (χ2v) is 3.66. The molecule has 0 spiro atoms. The highest BCUT2D eigenvalue weighted by Gasteiger charge is 2.16. The summed E-state index contributed by atoms with van der Waals surface area (Å²) in [6, 6.07) is 0. The zero-order valence-electron chi connectivity index (χ0n) is 8.17. The summed E-state index contributed by atoms with van der Waals surface area (Å²) in [5.41, 5.74) is 1.33. The molecule has 0 aliphatic carbocycles. The molecule has 0 bridgehead atoms. The van der Waals surface area contributed by atoms with Crippen LogP contribution in [-0.4, -0.2) is 22.2 Å². The monoisotopic (exact) mass is 257 g/mol. The number of hydrogen-bond donors (Lipinski definition) is 1. The number of amides is 1. The van der Waals surface area contributed by atoms with Crippen LogP contribution in [0.4, 0.5) is 0 Å². The van der Waals surface area contributed by atoms with Gasteiger partial charge in [-0.1, -0.05) is 6.08 Å². The predicted octanol–water partition coefficient (Wildman–Crippen LogP) is 1.41. The molecule has 1 amide bonds. The maximum Gasteiger partial charge on any atom is 0.273 e. The minimum atomic E-state index is -0.194. The van der Waals surface area contributed by atoms with Crippen LogP contribution < -0.4 is 5.32 Å². The van der Waals surface area contributed by atoms with E-state index < -0.39 is 0 Å². The number of nitrogens with one attached hydrogen (secondary N) is 1. The lowest BCUT2D eigenvalue weighted by atomic mass is 10.3. The van der Waals surface area contributed by atoms with Gasteiger partial charge in [0.25, 0.3) is 5.91 Å². The number of aromatic nitrogens is 2. The molecule has 0 aliphatic heterocycles. The molecule has 0 fully saturated rings. The van der Waals surface area contributed by atoms with Crippen molar-refractivity contribution in [3.63, 3.8) is 0 Å². The Kier molecular flexibility index (Phi) is 3.46. The molecule has 5 heteroatoms. The van der Waals surface area contributed by atoms with E-state index in [1.165, 1.54) is 0 Å². The lowest BCUT2D eigenvalue weighted by molar-refractivity contribution is 0.0951. The van der Waals surface area contributed by atoms with Gasteiger partial charge in [-0.15, -0.1) is 6.58 Å². The molecule has 14 heavy (non-hydrogen) atoms. The number of hydrogen-bond acceptors (Lipinski definition) is 2. The van der Waals surface area contributed by atoms with Gasteiger partial charge >= 0.3 is 0 Å². The van der Waals surface area contributed by atoms with Crippen LogP contribution >= 0.6 is 15.9 Å². The maximum absolute atomic E-state index is 11.5. The molecule has 4 nitrogen and oxygen atoms in total. The normalized spacial score (nSPS) is 9.93. The highest BCUT2D eigenvalue weighted by atomic mass is 79.9. The third-order valence-electron chi connectivity index (χ3n) is 1.88. The van der Waals surface area contributed by atoms with Gasteiger partial charge in [-0.05, 0) is 22.9 Å². The van der Waals surface area contributed by atoms with Crippen LogP contribution in [0.5, 0.6) is 0 Å². The Hall–Kier alpha value is -1.10. The Balaban J connectivity index is 2.90. The van der Waals surface area contributed by atoms with E-state index in [2.05, 4.69) is 32.9 Å². The largest absolute Gasteiger partial charge is 0.347 e. The molecule has 0 saturated heterocycles. The first-order chi connectivity index (χ1) is 6.57. The van der Waals surface area contributed by atoms with E-state index in [-0.39, 0.29) is 5.91 Å². The van der Waals surface area contributed by atoms with Crippen LogP contribution in [0.2, 0.25) is 0 Å². The molecule has 1 aromatic heterocycles. The lowest BCUT2D eigenvalue weighted by Gasteiger charge is -1.98. The highest BCUT2D eigenvalue weighted by Crippen LogP contribution is 2.19. The van der Waals surface area contributed by atoms with E-state index >= 15 is 0 Å². The maximum atomic E-state index is 11.5. The van der Waals surface area contributed by atoms with Crippen LogP contribution in [0.25, 0.3) is 0 Å². The number of aryl methyl sites for hydroxylation is 1. The van der Waals surface area contributed by atoms with Gasteiger partial charge < -0.3 is 5.32 Å². The van der Waals surface area contributed by atoms with E-state index in [0.29, 0.717) is 12.2 Å². The van der Waals surface area contributed by atoms with Gasteiger partial charge in [-0.3, -0.25) is 9.48 Å². The highest BCUT2D eigenvalue weighted by molar-refractivity contribution is 9.10. The van der Waals surface area contributed by atoms with Crippen molar-refractivity contribution < 1.29 is 4.79 Å². The molecule has 76 valence electrons. The van der Waals surface area contributed by atoms with Crippen LogP contribution in [0.15, 0.2) is 17.1 Å². The SMILES string of the molecule is C=CCNC(=O)c1nn(C)c(C)c1Br. The summed E-state index contributed by atoms with van der Waals surface area (Å²) in [6.45, 7) is 5.86. The lowest BCUT2D eigenvalue weighted by Crippen LogP contribution is -2.24. The Morgan fingerprint density at radius 2 is 2.43 bits per heavy atom. The van der Waals surface area contributed by atoms with E-state index in [1.807, 2.05) is 6.92 Å². The Morgan fingerprint density at radius 3 is 2.86 bits per heavy atom. The summed E-state index contributed by atoms with van der Waals surface area (Å²) in [6.07, 6.45) is 1.63. The van der Waals surface area contributed by atoms with Crippen LogP contribution in [0.1, 0.15) is 16.2 Å². The fraction of sp³-hybridized carbons (Fsp3) is 0.333. The van der Waals surface area contributed by atoms with E-state index in [0.717, 1.165) is 10.2 Å². The van der Waals surface area contributed by atoms with Crippen molar-refractivity contribution in [2.24, 2.45) is 7.05 Å². The molecule has 0 aromatic carbocycles. The van der Waals surface area contributed by atoms with Gasteiger partial charge in [0.15, 0.2) is 5.69 Å².